The fourth-order valence-electron chi connectivity index (χ4n) is 2.44. The molecule has 8 nitrogen and oxygen atoms in total. The molecule has 0 unspecified atom stereocenters. The van der Waals surface area contributed by atoms with Crippen LogP contribution in [-0.2, 0) is 11.2 Å². The minimum Gasteiger partial charge on any atom is -0.508 e. The number of carbonyl (C=O) groups excluding carboxylic acids is 1. The molecule has 2 aromatic rings. The van der Waals surface area contributed by atoms with Crippen molar-refractivity contribution in [3.8, 4) is 34.5 Å². The minimum absolute atomic E-state index is 0.0116. The van der Waals surface area contributed by atoms with Gasteiger partial charge in [-0.2, -0.15) is 0 Å². The molecule has 126 valence electrons. The molecule has 0 fully saturated rings. The first-order valence-corrected chi connectivity index (χ1v) is 6.98. The fourth-order valence-corrected chi connectivity index (χ4v) is 2.44. The number of aromatic hydroxyl groups is 5. The van der Waals surface area contributed by atoms with Crippen molar-refractivity contribution < 1.29 is 39.8 Å². The summed E-state index contributed by atoms with van der Waals surface area (Å²) in [6.07, 6.45) is -0.540. The van der Waals surface area contributed by atoms with Crippen LogP contribution in [0.2, 0.25) is 0 Å². The summed E-state index contributed by atoms with van der Waals surface area (Å²) >= 11 is 0. The van der Waals surface area contributed by atoms with Crippen molar-refractivity contribution in [2.75, 3.05) is 6.61 Å². The maximum absolute atomic E-state index is 12.1. The number of carbonyl (C=O) groups is 1. The number of phenolic OH excluding ortho intramolecular Hbond substituents is 5. The molecule has 0 radical (unpaired) electrons. The SMILES string of the molecule is O=C(O[C@H]1COc2cc(O)cc(O)c2C1)c1cc(O)c(O)c(O)c1. The van der Waals surface area contributed by atoms with Gasteiger partial charge in [-0.1, -0.05) is 0 Å². The van der Waals surface area contributed by atoms with Gasteiger partial charge in [0.05, 0.1) is 5.56 Å². The number of hydrogen-bond acceptors (Lipinski definition) is 8. The van der Waals surface area contributed by atoms with Crippen LogP contribution in [0.25, 0.3) is 0 Å². The number of hydrogen-bond donors (Lipinski definition) is 5. The first-order valence-electron chi connectivity index (χ1n) is 6.98. The molecule has 0 aliphatic carbocycles. The molecular weight excluding hydrogens is 320 g/mol. The Hall–Kier alpha value is -3.29. The number of esters is 1. The zero-order valence-electron chi connectivity index (χ0n) is 12.3. The third-order valence-electron chi connectivity index (χ3n) is 3.61. The first kappa shape index (κ1) is 15.6. The highest BCUT2D eigenvalue weighted by Gasteiger charge is 2.27. The third kappa shape index (κ3) is 2.81. The highest BCUT2D eigenvalue weighted by molar-refractivity contribution is 5.91. The van der Waals surface area contributed by atoms with E-state index < -0.39 is 29.3 Å². The molecule has 3 rings (SSSR count). The molecule has 0 bridgehead atoms. The Morgan fingerprint density at radius 2 is 1.67 bits per heavy atom. The van der Waals surface area contributed by atoms with Gasteiger partial charge in [0, 0.05) is 24.1 Å². The number of phenols is 5. The molecule has 1 atom stereocenters. The Labute approximate surface area is 135 Å². The fraction of sp³-hybridized carbons (Fsp3) is 0.188. The summed E-state index contributed by atoms with van der Waals surface area (Å²) in [5.41, 5.74) is 0.247. The van der Waals surface area contributed by atoms with E-state index in [1.807, 2.05) is 0 Å². The molecule has 0 saturated heterocycles. The van der Waals surface area contributed by atoms with Crippen molar-refractivity contribution in [2.45, 2.75) is 12.5 Å². The largest absolute Gasteiger partial charge is 0.508 e. The quantitative estimate of drug-likeness (QED) is 0.410. The van der Waals surface area contributed by atoms with E-state index in [4.69, 9.17) is 9.47 Å². The summed E-state index contributed by atoms with van der Waals surface area (Å²) in [6, 6.07) is 4.43. The smallest absolute Gasteiger partial charge is 0.338 e. The molecule has 0 amide bonds. The van der Waals surface area contributed by atoms with Gasteiger partial charge >= 0.3 is 5.97 Å². The second-order valence-electron chi connectivity index (χ2n) is 5.35. The van der Waals surface area contributed by atoms with Crippen molar-refractivity contribution >= 4 is 5.97 Å². The van der Waals surface area contributed by atoms with Crippen LogP contribution in [0.3, 0.4) is 0 Å². The second-order valence-corrected chi connectivity index (χ2v) is 5.35. The maximum atomic E-state index is 12.1. The number of rotatable bonds is 2. The lowest BCUT2D eigenvalue weighted by Gasteiger charge is -2.26. The van der Waals surface area contributed by atoms with E-state index >= 15 is 0 Å². The van der Waals surface area contributed by atoms with E-state index in [9.17, 15) is 30.3 Å². The maximum Gasteiger partial charge on any atom is 0.338 e. The summed E-state index contributed by atoms with van der Waals surface area (Å²) in [5, 5.41) is 47.4. The van der Waals surface area contributed by atoms with Gasteiger partial charge in [0.15, 0.2) is 17.2 Å². The Bertz CT molecular complexity index is 791. The molecular formula is C16H14O8. The zero-order valence-corrected chi connectivity index (χ0v) is 12.3. The van der Waals surface area contributed by atoms with E-state index in [1.165, 1.54) is 6.07 Å². The number of benzene rings is 2. The minimum atomic E-state index is -0.837. The summed E-state index contributed by atoms with van der Waals surface area (Å²) < 4.78 is 10.6. The molecule has 1 aliphatic rings. The van der Waals surface area contributed by atoms with Crippen molar-refractivity contribution in [3.63, 3.8) is 0 Å². The molecule has 0 spiro atoms. The van der Waals surface area contributed by atoms with Gasteiger partial charge < -0.3 is 35.0 Å². The van der Waals surface area contributed by atoms with Gasteiger partial charge in [0.1, 0.15) is 30.0 Å². The lowest BCUT2D eigenvalue weighted by atomic mass is 10.0. The molecule has 24 heavy (non-hydrogen) atoms. The summed E-state index contributed by atoms with van der Waals surface area (Å²) in [7, 11) is 0. The molecule has 1 heterocycles. The predicted octanol–water partition coefficient (Wildman–Crippen LogP) is 1.38. The average molecular weight is 334 g/mol. The van der Waals surface area contributed by atoms with Crippen LogP contribution in [0.5, 0.6) is 34.5 Å². The molecule has 1 aliphatic heterocycles. The van der Waals surface area contributed by atoms with Crippen molar-refractivity contribution in [1.82, 2.24) is 0 Å². The lowest BCUT2D eigenvalue weighted by Crippen LogP contribution is -2.31. The van der Waals surface area contributed by atoms with Gasteiger partial charge in [-0.05, 0) is 12.1 Å². The normalized spacial score (nSPS) is 16.1. The highest BCUT2D eigenvalue weighted by atomic mass is 16.6. The van der Waals surface area contributed by atoms with E-state index in [0.717, 1.165) is 18.2 Å². The van der Waals surface area contributed by atoms with E-state index in [0.29, 0.717) is 11.3 Å². The Balaban J connectivity index is 1.76. The third-order valence-corrected chi connectivity index (χ3v) is 3.61. The summed E-state index contributed by atoms with van der Waals surface area (Å²) in [5.74, 6) is -2.88. The Morgan fingerprint density at radius 3 is 2.33 bits per heavy atom. The van der Waals surface area contributed by atoms with Gasteiger partial charge in [-0.3, -0.25) is 0 Å². The average Bonchev–Trinajstić information content (AvgIpc) is 2.52. The highest BCUT2D eigenvalue weighted by Crippen LogP contribution is 2.38. The molecule has 0 aromatic heterocycles. The Morgan fingerprint density at radius 1 is 1.00 bits per heavy atom. The molecule has 5 N–H and O–H groups in total. The van der Waals surface area contributed by atoms with Gasteiger partial charge in [-0.15, -0.1) is 0 Å². The second kappa shape index (κ2) is 5.73. The van der Waals surface area contributed by atoms with Gasteiger partial charge in [-0.25, -0.2) is 4.79 Å². The van der Waals surface area contributed by atoms with Crippen LogP contribution >= 0.6 is 0 Å². The molecule has 8 heteroatoms. The Kier molecular flexibility index (Phi) is 3.72. The summed E-state index contributed by atoms with van der Waals surface area (Å²) in [6.45, 7) is 0.0116. The van der Waals surface area contributed by atoms with Gasteiger partial charge in [0.25, 0.3) is 0 Å². The number of ether oxygens (including phenoxy) is 2. The van der Waals surface area contributed by atoms with Crippen molar-refractivity contribution in [2.24, 2.45) is 0 Å². The predicted molar refractivity (Wildman–Crippen MR) is 79.6 cm³/mol. The molecule has 0 saturated carbocycles. The van der Waals surface area contributed by atoms with Crippen LogP contribution < -0.4 is 4.74 Å². The standard InChI is InChI=1S/C16H14O8/c17-8-3-11(18)10-5-9(6-23-14(10)4-8)24-16(22)7-1-12(19)15(21)13(20)2-7/h1-4,9,17-21H,5-6H2/t9-/m1/s1. The van der Waals surface area contributed by atoms with Crippen LogP contribution in [0.15, 0.2) is 24.3 Å². The van der Waals surface area contributed by atoms with E-state index in [2.05, 4.69) is 0 Å². The van der Waals surface area contributed by atoms with Crippen molar-refractivity contribution in [1.29, 1.82) is 0 Å². The van der Waals surface area contributed by atoms with Crippen molar-refractivity contribution in [3.05, 3.63) is 35.4 Å². The van der Waals surface area contributed by atoms with Crippen LogP contribution in [0.4, 0.5) is 0 Å². The zero-order chi connectivity index (χ0) is 17.4. The molecule has 2 aromatic carbocycles. The topological polar surface area (TPSA) is 137 Å². The lowest BCUT2D eigenvalue weighted by molar-refractivity contribution is 0.0127. The number of fused-ring (bicyclic) bond motifs is 1. The van der Waals surface area contributed by atoms with Crippen LogP contribution in [0.1, 0.15) is 15.9 Å². The van der Waals surface area contributed by atoms with Gasteiger partial charge in [0.2, 0.25) is 0 Å². The summed E-state index contributed by atoms with van der Waals surface area (Å²) in [4.78, 5) is 12.1. The first-order chi connectivity index (χ1) is 11.3. The van der Waals surface area contributed by atoms with E-state index in [-0.39, 0.29) is 30.1 Å². The van der Waals surface area contributed by atoms with Crippen LogP contribution in [0, 0.1) is 0 Å². The van der Waals surface area contributed by atoms with E-state index in [1.54, 1.807) is 0 Å². The van der Waals surface area contributed by atoms with Crippen LogP contribution in [-0.4, -0.2) is 44.2 Å². The monoisotopic (exact) mass is 334 g/mol.